The van der Waals surface area contributed by atoms with Crippen LogP contribution in [0.3, 0.4) is 0 Å². The molecule has 0 aliphatic carbocycles. The lowest BCUT2D eigenvalue weighted by molar-refractivity contribution is -0.126. The normalized spacial score (nSPS) is 15.7. The Labute approximate surface area is 103 Å². The zero-order chi connectivity index (χ0) is 12.3. The van der Waals surface area contributed by atoms with Crippen molar-refractivity contribution in [2.24, 2.45) is 5.92 Å². The first-order valence-corrected chi connectivity index (χ1v) is 6.24. The highest BCUT2D eigenvalue weighted by Crippen LogP contribution is 2.14. The quantitative estimate of drug-likeness (QED) is 0.828. The third-order valence-corrected chi connectivity index (χ3v) is 3.27. The molecule has 2 N–H and O–H groups in total. The summed E-state index contributed by atoms with van der Waals surface area (Å²) in [6.07, 6.45) is 0. The van der Waals surface area contributed by atoms with Gasteiger partial charge in [0.1, 0.15) is 0 Å². The molecule has 0 spiro atoms. The molecule has 0 atom stereocenters. The van der Waals surface area contributed by atoms with Gasteiger partial charge in [0.25, 0.3) is 0 Å². The molecule has 2 rings (SSSR count). The van der Waals surface area contributed by atoms with Crippen molar-refractivity contribution in [2.75, 3.05) is 13.1 Å². The molecule has 1 aliphatic heterocycles. The zero-order valence-electron chi connectivity index (χ0n) is 10.5. The predicted molar refractivity (Wildman–Crippen MR) is 68.7 cm³/mol. The maximum atomic E-state index is 11.6. The minimum absolute atomic E-state index is 0.164. The summed E-state index contributed by atoms with van der Waals surface area (Å²) in [5, 5.41) is 6.07. The monoisotopic (exact) mass is 232 g/mol. The third kappa shape index (κ3) is 3.07. The number of carbonyl (C=O) groups excluding carboxylic acids is 1. The minimum Gasteiger partial charge on any atom is -0.352 e. The highest BCUT2D eigenvalue weighted by atomic mass is 16.2. The molecule has 0 unspecified atom stereocenters. The van der Waals surface area contributed by atoms with E-state index in [-0.39, 0.29) is 11.8 Å². The molecule has 0 aromatic heterocycles. The summed E-state index contributed by atoms with van der Waals surface area (Å²) in [4.78, 5) is 11.6. The molecule has 0 saturated carbocycles. The highest BCUT2D eigenvalue weighted by Gasteiger charge is 2.24. The van der Waals surface area contributed by atoms with Gasteiger partial charge in [-0.1, -0.05) is 38.1 Å². The van der Waals surface area contributed by atoms with Gasteiger partial charge in [-0.15, -0.1) is 0 Å². The van der Waals surface area contributed by atoms with Crippen LogP contribution in [-0.4, -0.2) is 19.0 Å². The van der Waals surface area contributed by atoms with E-state index in [1.165, 1.54) is 5.56 Å². The van der Waals surface area contributed by atoms with E-state index in [1.54, 1.807) is 0 Å². The molecule has 17 heavy (non-hydrogen) atoms. The fraction of sp³-hybridized carbons (Fsp3) is 0.500. The molecule has 1 heterocycles. The molecule has 3 nitrogen and oxygen atoms in total. The standard InChI is InChI=1S/C14H20N2O/c1-10(2)12-5-3-11(4-6-12)7-16-14(17)13-8-15-9-13/h3-6,10,13,15H,7-9H2,1-2H3,(H,16,17). The van der Waals surface area contributed by atoms with Crippen LogP contribution in [0.4, 0.5) is 0 Å². The summed E-state index contributed by atoms with van der Waals surface area (Å²) in [5.41, 5.74) is 2.50. The van der Waals surface area contributed by atoms with Gasteiger partial charge in [-0.25, -0.2) is 0 Å². The number of nitrogens with one attached hydrogen (secondary N) is 2. The van der Waals surface area contributed by atoms with Gasteiger partial charge in [0.15, 0.2) is 0 Å². The first-order chi connectivity index (χ1) is 8.16. The summed E-state index contributed by atoms with van der Waals surface area (Å²) in [6.45, 7) is 6.63. The van der Waals surface area contributed by atoms with Crippen LogP contribution >= 0.6 is 0 Å². The van der Waals surface area contributed by atoms with Crippen LogP contribution in [0.2, 0.25) is 0 Å². The van der Waals surface area contributed by atoms with E-state index in [9.17, 15) is 4.79 Å². The summed E-state index contributed by atoms with van der Waals surface area (Å²) < 4.78 is 0. The van der Waals surface area contributed by atoms with E-state index < -0.39 is 0 Å². The second kappa shape index (κ2) is 5.32. The molecule has 1 fully saturated rings. The van der Waals surface area contributed by atoms with Crippen molar-refractivity contribution < 1.29 is 4.79 Å². The van der Waals surface area contributed by atoms with Crippen LogP contribution in [0.5, 0.6) is 0 Å². The molecule has 92 valence electrons. The van der Waals surface area contributed by atoms with Gasteiger partial charge in [0.2, 0.25) is 5.91 Å². The summed E-state index contributed by atoms with van der Waals surface area (Å²) in [6, 6.07) is 8.46. The molecule has 1 aliphatic rings. The predicted octanol–water partition coefficient (Wildman–Crippen LogP) is 1.65. The van der Waals surface area contributed by atoms with E-state index in [0.29, 0.717) is 12.5 Å². The highest BCUT2D eigenvalue weighted by molar-refractivity contribution is 5.79. The van der Waals surface area contributed by atoms with Crippen molar-refractivity contribution >= 4 is 5.91 Å². The van der Waals surface area contributed by atoms with Crippen LogP contribution in [0.1, 0.15) is 30.9 Å². The van der Waals surface area contributed by atoms with E-state index in [0.717, 1.165) is 18.7 Å². The Hall–Kier alpha value is -1.35. The van der Waals surface area contributed by atoms with Gasteiger partial charge in [-0.3, -0.25) is 4.79 Å². The average Bonchev–Trinajstić information content (AvgIpc) is 2.24. The largest absolute Gasteiger partial charge is 0.352 e. The number of rotatable bonds is 4. The lowest BCUT2D eigenvalue weighted by atomic mass is 10.0. The minimum atomic E-state index is 0.164. The van der Waals surface area contributed by atoms with Crippen LogP contribution < -0.4 is 10.6 Å². The molecular weight excluding hydrogens is 212 g/mol. The third-order valence-electron chi connectivity index (χ3n) is 3.27. The second-order valence-corrected chi connectivity index (χ2v) is 4.97. The molecule has 1 aromatic rings. The molecular formula is C14H20N2O. The van der Waals surface area contributed by atoms with Gasteiger partial charge in [0, 0.05) is 19.6 Å². The smallest absolute Gasteiger partial charge is 0.225 e. The number of amides is 1. The van der Waals surface area contributed by atoms with Crippen LogP contribution in [0, 0.1) is 5.92 Å². The molecule has 1 amide bonds. The molecule has 3 heteroatoms. The second-order valence-electron chi connectivity index (χ2n) is 4.97. The maximum absolute atomic E-state index is 11.6. The Bertz CT molecular complexity index is 380. The Morgan fingerprint density at radius 2 is 2.00 bits per heavy atom. The van der Waals surface area contributed by atoms with Gasteiger partial charge in [0.05, 0.1) is 5.92 Å². The van der Waals surface area contributed by atoms with Crippen molar-refractivity contribution in [3.05, 3.63) is 35.4 Å². The van der Waals surface area contributed by atoms with Crippen molar-refractivity contribution in [3.63, 3.8) is 0 Å². The number of hydrogen-bond acceptors (Lipinski definition) is 2. The van der Waals surface area contributed by atoms with Crippen molar-refractivity contribution in [2.45, 2.75) is 26.3 Å². The lowest BCUT2D eigenvalue weighted by Gasteiger charge is -2.25. The number of benzene rings is 1. The van der Waals surface area contributed by atoms with E-state index in [1.807, 2.05) is 0 Å². The Morgan fingerprint density at radius 3 is 2.47 bits per heavy atom. The average molecular weight is 232 g/mol. The van der Waals surface area contributed by atoms with Gasteiger partial charge >= 0.3 is 0 Å². The van der Waals surface area contributed by atoms with Crippen LogP contribution in [0.25, 0.3) is 0 Å². The van der Waals surface area contributed by atoms with Crippen molar-refractivity contribution in [1.82, 2.24) is 10.6 Å². The lowest BCUT2D eigenvalue weighted by Crippen LogP contribution is -2.50. The van der Waals surface area contributed by atoms with Gasteiger partial charge in [-0.2, -0.15) is 0 Å². The first-order valence-electron chi connectivity index (χ1n) is 6.24. The summed E-state index contributed by atoms with van der Waals surface area (Å²) in [5.74, 6) is 0.890. The summed E-state index contributed by atoms with van der Waals surface area (Å²) >= 11 is 0. The first kappa shape index (κ1) is 12.1. The summed E-state index contributed by atoms with van der Waals surface area (Å²) in [7, 11) is 0. The van der Waals surface area contributed by atoms with Crippen LogP contribution in [0.15, 0.2) is 24.3 Å². The van der Waals surface area contributed by atoms with Gasteiger partial charge < -0.3 is 10.6 Å². The van der Waals surface area contributed by atoms with Crippen molar-refractivity contribution in [1.29, 1.82) is 0 Å². The Morgan fingerprint density at radius 1 is 1.35 bits per heavy atom. The number of hydrogen-bond donors (Lipinski definition) is 2. The van der Waals surface area contributed by atoms with Crippen LogP contribution in [-0.2, 0) is 11.3 Å². The topological polar surface area (TPSA) is 41.1 Å². The van der Waals surface area contributed by atoms with Crippen molar-refractivity contribution in [3.8, 4) is 0 Å². The molecule has 1 saturated heterocycles. The van der Waals surface area contributed by atoms with E-state index in [4.69, 9.17) is 0 Å². The van der Waals surface area contributed by atoms with Gasteiger partial charge in [-0.05, 0) is 17.0 Å². The zero-order valence-corrected chi connectivity index (χ0v) is 10.5. The number of carbonyl (C=O) groups is 1. The Balaban J connectivity index is 1.84. The molecule has 1 aromatic carbocycles. The van der Waals surface area contributed by atoms with E-state index >= 15 is 0 Å². The SMILES string of the molecule is CC(C)c1ccc(CNC(=O)C2CNC2)cc1. The molecule has 0 bridgehead atoms. The van der Waals surface area contributed by atoms with E-state index in [2.05, 4.69) is 48.7 Å². The fourth-order valence-corrected chi connectivity index (χ4v) is 1.83. The fourth-order valence-electron chi connectivity index (χ4n) is 1.83. The Kier molecular flexibility index (Phi) is 3.79. The molecule has 0 radical (unpaired) electrons. The maximum Gasteiger partial charge on any atom is 0.225 e.